The fourth-order valence-electron chi connectivity index (χ4n) is 6.45. The normalized spacial score (nSPS) is 17.3. The molecule has 10 heteroatoms. The smallest absolute Gasteiger partial charge is 0.337 e. The first-order valence-corrected chi connectivity index (χ1v) is 14.3. The van der Waals surface area contributed by atoms with Crippen molar-refractivity contribution in [3.8, 4) is 22.6 Å². The molecule has 0 unspecified atom stereocenters. The van der Waals surface area contributed by atoms with Gasteiger partial charge in [0.25, 0.3) is 5.91 Å². The molecule has 4 heterocycles. The molecule has 1 radical (unpaired) electrons. The number of carbonyl (C=O) groups excluding carboxylic acids is 2. The Morgan fingerprint density at radius 1 is 1.05 bits per heavy atom. The third-order valence-corrected chi connectivity index (χ3v) is 8.86. The van der Waals surface area contributed by atoms with Crippen LogP contribution in [0.25, 0.3) is 22.0 Å². The van der Waals surface area contributed by atoms with E-state index < -0.39 is 11.6 Å². The van der Waals surface area contributed by atoms with Gasteiger partial charge in [-0.2, -0.15) is 0 Å². The van der Waals surface area contributed by atoms with E-state index in [0.717, 1.165) is 29.3 Å². The van der Waals surface area contributed by atoms with E-state index in [-0.39, 0.29) is 53.2 Å². The molecule has 0 atom stereocenters. The van der Waals surface area contributed by atoms with E-state index in [4.69, 9.17) is 9.47 Å². The monoisotopic (exact) mass is 588 g/mol. The minimum absolute atomic E-state index is 0. The molecule has 4 aromatic rings. The Hall–Kier alpha value is -3.66. The minimum Gasteiger partial charge on any atom is -0.496 e. The summed E-state index contributed by atoms with van der Waals surface area (Å²) in [6.07, 6.45) is 8.65. The van der Waals surface area contributed by atoms with Crippen LogP contribution in [0, 0.1) is 6.92 Å². The molecule has 1 spiro atoms. The van der Waals surface area contributed by atoms with Crippen LogP contribution in [-0.4, -0.2) is 92.6 Å². The van der Waals surface area contributed by atoms with Crippen molar-refractivity contribution in [2.75, 3.05) is 20.2 Å². The molecular weight excluding hydrogens is 557 g/mol. The number of carboxylic acids is 1. The number of nitrogens with zero attached hydrogens (tertiary/aromatic N) is 3. The van der Waals surface area contributed by atoms with Crippen LogP contribution in [0.3, 0.4) is 0 Å². The number of amides is 1. The molecular formula is C33H31N3NaO6. The number of aromatic nitrogens is 2. The van der Waals surface area contributed by atoms with Gasteiger partial charge in [0, 0.05) is 96.6 Å². The number of rotatable bonds is 5. The molecule has 2 fully saturated rings. The Balaban J connectivity index is 0.00000329. The number of benzene rings is 2. The fourth-order valence-corrected chi connectivity index (χ4v) is 6.45. The molecule has 7 rings (SSSR count). The second-order valence-electron chi connectivity index (χ2n) is 11.7. The zero-order chi connectivity index (χ0) is 29.2. The predicted octanol–water partition coefficient (Wildman–Crippen LogP) is 5.31. The number of carboxylic acid groups (broad SMARTS) is 1. The van der Waals surface area contributed by atoms with Gasteiger partial charge in [0.15, 0.2) is 5.78 Å². The summed E-state index contributed by atoms with van der Waals surface area (Å²) < 4.78 is 14.5. The van der Waals surface area contributed by atoms with E-state index in [1.807, 2.05) is 23.1 Å². The van der Waals surface area contributed by atoms with Gasteiger partial charge in [0.2, 0.25) is 0 Å². The van der Waals surface area contributed by atoms with Crippen molar-refractivity contribution in [2.24, 2.45) is 0 Å². The second-order valence-corrected chi connectivity index (χ2v) is 11.7. The van der Waals surface area contributed by atoms with E-state index in [9.17, 15) is 19.5 Å². The van der Waals surface area contributed by atoms with Gasteiger partial charge in [-0.25, -0.2) is 4.79 Å². The first-order valence-electron chi connectivity index (χ1n) is 14.3. The third-order valence-electron chi connectivity index (χ3n) is 8.86. The number of likely N-dealkylation sites (tertiary alicyclic amines) is 1. The van der Waals surface area contributed by atoms with Gasteiger partial charge in [0.1, 0.15) is 17.1 Å². The van der Waals surface area contributed by atoms with Crippen molar-refractivity contribution in [2.45, 2.75) is 50.7 Å². The van der Waals surface area contributed by atoms with E-state index >= 15 is 0 Å². The molecule has 1 amide bonds. The Kier molecular flexibility index (Phi) is 7.61. The number of fused-ring (bicyclic) bond motifs is 2. The zero-order valence-corrected chi connectivity index (χ0v) is 26.6. The molecule has 0 bridgehead atoms. The van der Waals surface area contributed by atoms with Crippen LogP contribution in [0.5, 0.6) is 11.5 Å². The molecule has 3 aliphatic rings. The first-order chi connectivity index (χ1) is 20.2. The quantitative estimate of drug-likeness (QED) is 0.315. The van der Waals surface area contributed by atoms with Crippen molar-refractivity contribution < 1.29 is 29.0 Å². The summed E-state index contributed by atoms with van der Waals surface area (Å²) in [5, 5.41) is 10.4. The molecule has 1 saturated heterocycles. The van der Waals surface area contributed by atoms with Crippen molar-refractivity contribution >= 4 is 58.1 Å². The molecule has 43 heavy (non-hydrogen) atoms. The standard InChI is InChI=1S/C33H31N3O6.Na/c1-19-18-36(24-4-5-24)26-13-21(14-29(41-2)30(19)26)31(38)35-9-7-33(8-10-35)15-27(37)25-12-20(3-6-28(25)42-33)22-11-23(32(39)40)17-34-16-22;/h3,6,11-14,16-18,24H,4-5,7-10,15H2,1-2H3,(H,39,40);. The average Bonchev–Trinajstić information content (AvgIpc) is 3.79. The second kappa shape index (κ2) is 11.1. The van der Waals surface area contributed by atoms with Crippen LogP contribution in [0.15, 0.2) is 55.0 Å². The molecule has 9 nitrogen and oxygen atoms in total. The largest absolute Gasteiger partial charge is 0.496 e. The Morgan fingerprint density at radius 2 is 1.81 bits per heavy atom. The fraction of sp³-hybridized carbons (Fsp3) is 0.333. The Morgan fingerprint density at radius 3 is 2.51 bits per heavy atom. The molecule has 2 aromatic carbocycles. The molecule has 1 N–H and O–H groups in total. The number of hydrogen-bond acceptors (Lipinski definition) is 6. The summed E-state index contributed by atoms with van der Waals surface area (Å²) in [6, 6.07) is 11.2. The number of Topliss-reactive ketones (excluding diaryl/α,β-unsaturated/α-hetero) is 1. The van der Waals surface area contributed by atoms with Crippen molar-refractivity contribution in [3.05, 3.63) is 77.2 Å². The number of carbonyl (C=O) groups is 3. The topological polar surface area (TPSA) is 111 Å². The van der Waals surface area contributed by atoms with Crippen LogP contribution in [-0.2, 0) is 0 Å². The number of ether oxygens (including phenoxy) is 2. The molecule has 215 valence electrons. The van der Waals surface area contributed by atoms with Crippen molar-refractivity contribution in [3.63, 3.8) is 0 Å². The number of aromatic carboxylic acids is 1. The summed E-state index contributed by atoms with van der Waals surface area (Å²) in [5.74, 6) is 0.103. The van der Waals surface area contributed by atoms with E-state index in [1.165, 1.54) is 12.3 Å². The average molecular weight is 589 g/mol. The molecule has 2 aromatic heterocycles. The predicted molar refractivity (Wildman–Crippen MR) is 161 cm³/mol. The molecule has 1 saturated carbocycles. The van der Waals surface area contributed by atoms with Gasteiger partial charge in [-0.15, -0.1) is 0 Å². The maximum absolute atomic E-state index is 13.7. The maximum Gasteiger partial charge on any atom is 0.337 e. The van der Waals surface area contributed by atoms with Crippen LogP contribution >= 0.6 is 0 Å². The summed E-state index contributed by atoms with van der Waals surface area (Å²) >= 11 is 0. The number of hydrogen-bond donors (Lipinski definition) is 1. The molecule has 2 aliphatic heterocycles. The number of pyridine rings is 1. The third kappa shape index (κ3) is 5.24. The van der Waals surface area contributed by atoms with Gasteiger partial charge in [0.05, 0.1) is 30.2 Å². The maximum atomic E-state index is 13.7. The SMILES string of the molecule is COc1cc(C(=O)N2CCC3(CC2)CC(=O)c2cc(-c4cncc(C(=O)O)c4)ccc2O3)cc2c1c(C)cn2C1CC1.[Na]. The minimum atomic E-state index is -1.06. The van der Waals surface area contributed by atoms with E-state index in [2.05, 4.69) is 22.7 Å². The van der Waals surface area contributed by atoms with Crippen LogP contribution in [0.4, 0.5) is 0 Å². The summed E-state index contributed by atoms with van der Waals surface area (Å²) in [7, 11) is 1.64. The van der Waals surface area contributed by atoms with Gasteiger partial charge in [-0.05, 0) is 61.2 Å². The van der Waals surface area contributed by atoms with Crippen LogP contribution in [0.1, 0.15) is 74.8 Å². The first kappa shape index (κ1) is 29.4. The molecule has 1 aliphatic carbocycles. The van der Waals surface area contributed by atoms with Crippen molar-refractivity contribution in [1.82, 2.24) is 14.5 Å². The van der Waals surface area contributed by atoms with E-state index in [0.29, 0.717) is 65.7 Å². The van der Waals surface area contributed by atoms with Crippen molar-refractivity contribution in [1.29, 1.82) is 0 Å². The van der Waals surface area contributed by atoms with Gasteiger partial charge in [-0.3, -0.25) is 14.6 Å². The summed E-state index contributed by atoms with van der Waals surface area (Å²) in [5.41, 5.74) is 4.01. The summed E-state index contributed by atoms with van der Waals surface area (Å²) in [4.78, 5) is 44.3. The van der Waals surface area contributed by atoms with Gasteiger partial charge >= 0.3 is 5.97 Å². The van der Waals surface area contributed by atoms with Gasteiger partial charge < -0.3 is 24.0 Å². The Bertz CT molecular complexity index is 1780. The zero-order valence-electron chi connectivity index (χ0n) is 24.6. The number of methoxy groups -OCH3 is 1. The number of aryl methyl sites for hydroxylation is 1. The Labute approximate surface area is 271 Å². The van der Waals surface area contributed by atoms with Gasteiger partial charge in [-0.1, -0.05) is 6.07 Å². The van der Waals surface area contributed by atoms with Crippen LogP contribution in [0.2, 0.25) is 0 Å². The summed E-state index contributed by atoms with van der Waals surface area (Å²) in [6.45, 7) is 3.04. The van der Waals surface area contributed by atoms with E-state index in [1.54, 1.807) is 25.4 Å². The van der Waals surface area contributed by atoms with Crippen LogP contribution < -0.4 is 9.47 Å². The number of ketones is 1. The number of piperidine rings is 1.